The molecular weight excluding hydrogens is 196 g/mol. The molecule has 0 bridgehead atoms. The van der Waals surface area contributed by atoms with Crippen LogP contribution in [0.15, 0.2) is 16.5 Å². The molecule has 0 saturated heterocycles. The lowest BCUT2D eigenvalue weighted by atomic mass is 10.1. The van der Waals surface area contributed by atoms with Crippen LogP contribution in [0.3, 0.4) is 0 Å². The van der Waals surface area contributed by atoms with E-state index >= 15 is 0 Å². The van der Waals surface area contributed by atoms with Crippen LogP contribution < -0.4 is 0 Å². The molecule has 0 fully saturated rings. The molecule has 0 amide bonds. The number of furan rings is 1. The molecule has 78 valence electrons. The van der Waals surface area contributed by atoms with Gasteiger partial charge in [-0.15, -0.1) is 0 Å². The van der Waals surface area contributed by atoms with Crippen molar-refractivity contribution in [3.05, 3.63) is 23.5 Å². The van der Waals surface area contributed by atoms with Gasteiger partial charge < -0.3 is 14.6 Å². The molecule has 0 aliphatic carbocycles. The van der Waals surface area contributed by atoms with Crippen molar-refractivity contribution in [3.63, 3.8) is 0 Å². The minimum atomic E-state index is -0.259. The molecule has 0 unspecified atom stereocenters. The molecule has 1 aromatic carbocycles. The van der Waals surface area contributed by atoms with Crippen molar-refractivity contribution in [2.24, 2.45) is 0 Å². The van der Waals surface area contributed by atoms with Gasteiger partial charge in [-0.25, -0.2) is 0 Å². The number of hydrogen-bond donors (Lipinski definition) is 2. The first-order valence-electron chi connectivity index (χ1n) is 4.46. The Bertz CT molecular complexity index is 551. The highest BCUT2D eigenvalue weighted by atomic mass is 16.3. The Hall–Kier alpha value is -1.97. The Morgan fingerprint density at radius 3 is 2.47 bits per heavy atom. The molecule has 0 aliphatic rings. The van der Waals surface area contributed by atoms with E-state index in [-0.39, 0.29) is 17.3 Å². The van der Waals surface area contributed by atoms with E-state index in [1.165, 1.54) is 19.1 Å². The zero-order chi connectivity index (χ0) is 11.2. The lowest BCUT2D eigenvalue weighted by Gasteiger charge is -1.97. The average Bonchev–Trinajstić information content (AvgIpc) is 2.41. The molecule has 0 saturated carbocycles. The molecule has 0 spiro atoms. The fraction of sp³-hybridized carbons (Fsp3) is 0.182. The molecule has 2 N–H and O–H groups in total. The van der Waals surface area contributed by atoms with Crippen molar-refractivity contribution in [3.8, 4) is 11.5 Å². The Morgan fingerprint density at radius 1 is 1.27 bits per heavy atom. The first kappa shape index (κ1) is 9.58. The summed E-state index contributed by atoms with van der Waals surface area (Å²) in [6, 6.07) is 2.63. The van der Waals surface area contributed by atoms with Gasteiger partial charge in [0.25, 0.3) is 0 Å². The highest BCUT2D eigenvalue weighted by Crippen LogP contribution is 2.34. The van der Waals surface area contributed by atoms with E-state index in [2.05, 4.69) is 0 Å². The Labute approximate surface area is 85.8 Å². The highest BCUT2D eigenvalue weighted by Gasteiger charge is 2.16. The Morgan fingerprint density at radius 2 is 1.87 bits per heavy atom. The molecule has 4 nitrogen and oxygen atoms in total. The average molecular weight is 206 g/mol. The van der Waals surface area contributed by atoms with Crippen molar-refractivity contribution < 1.29 is 19.4 Å². The van der Waals surface area contributed by atoms with E-state index in [4.69, 9.17) is 4.42 Å². The van der Waals surface area contributed by atoms with E-state index in [0.29, 0.717) is 22.3 Å². The third-order valence-corrected chi connectivity index (χ3v) is 2.31. The van der Waals surface area contributed by atoms with Gasteiger partial charge in [0.1, 0.15) is 11.3 Å². The minimum Gasteiger partial charge on any atom is -0.504 e. The number of ketones is 1. The molecule has 0 atom stereocenters. The second-order valence-corrected chi connectivity index (χ2v) is 3.43. The second kappa shape index (κ2) is 3.02. The van der Waals surface area contributed by atoms with E-state index < -0.39 is 0 Å². The predicted molar refractivity (Wildman–Crippen MR) is 54.3 cm³/mol. The standard InChI is InChI=1S/C11H10O4/c1-5(12)11-6(2)15-10-4-9(14)8(13)3-7(10)11/h3-4,13-14H,1-2H3. The third-order valence-electron chi connectivity index (χ3n) is 2.31. The fourth-order valence-corrected chi connectivity index (χ4v) is 1.68. The van der Waals surface area contributed by atoms with Crippen molar-refractivity contribution >= 4 is 16.8 Å². The van der Waals surface area contributed by atoms with Crippen LogP contribution in [0.4, 0.5) is 0 Å². The summed E-state index contributed by atoms with van der Waals surface area (Å²) in [6.45, 7) is 3.10. The quantitative estimate of drug-likeness (QED) is 0.555. The maximum Gasteiger partial charge on any atom is 0.163 e. The summed E-state index contributed by atoms with van der Waals surface area (Å²) in [5.74, 6) is -0.156. The molecule has 1 heterocycles. The summed E-state index contributed by atoms with van der Waals surface area (Å²) in [5.41, 5.74) is 0.841. The number of carbonyl (C=O) groups is 1. The molecule has 15 heavy (non-hydrogen) atoms. The smallest absolute Gasteiger partial charge is 0.163 e. The lowest BCUT2D eigenvalue weighted by molar-refractivity contribution is 0.101. The number of fused-ring (bicyclic) bond motifs is 1. The largest absolute Gasteiger partial charge is 0.504 e. The van der Waals surface area contributed by atoms with Crippen molar-refractivity contribution in [2.45, 2.75) is 13.8 Å². The third kappa shape index (κ3) is 1.34. The zero-order valence-corrected chi connectivity index (χ0v) is 8.37. The fourth-order valence-electron chi connectivity index (χ4n) is 1.68. The normalized spacial score (nSPS) is 10.8. The van der Waals surface area contributed by atoms with Crippen LogP contribution in [0.5, 0.6) is 11.5 Å². The molecule has 2 rings (SSSR count). The number of phenolic OH excluding ortho intramolecular Hbond substituents is 2. The number of aryl methyl sites for hydroxylation is 1. The summed E-state index contributed by atoms with van der Waals surface area (Å²) in [6.07, 6.45) is 0. The van der Waals surface area contributed by atoms with Crippen LogP contribution in [0.25, 0.3) is 11.0 Å². The Kier molecular flexibility index (Phi) is 1.93. The van der Waals surface area contributed by atoms with Gasteiger partial charge in [0.05, 0.1) is 5.56 Å². The van der Waals surface area contributed by atoms with E-state index in [1.54, 1.807) is 6.92 Å². The van der Waals surface area contributed by atoms with E-state index in [9.17, 15) is 15.0 Å². The molecule has 4 heteroatoms. The molecule has 0 radical (unpaired) electrons. The number of rotatable bonds is 1. The summed E-state index contributed by atoms with van der Waals surface area (Å²) in [4.78, 5) is 11.3. The van der Waals surface area contributed by atoms with Crippen LogP contribution in [-0.4, -0.2) is 16.0 Å². The van der Waals surface area contributed by atoms with Crippen molar-refractivity contribution in [1.29, 1.82) is 0 Å². The van der Waals surface area contributed by atoms with E-state index in [1.807, 2.05) is 0 Å². The summed E-state index contributed by atoms with van der Waals surface area (Å²) in [7, 11) is 0. The maximum atomic E-state index is 11.3. The van der Waals surface area contributed by atoms with Gasteiger partial charge in [-0.3, -0.25) is 4.79 Å². The van der Waals surface area contributed by atoms with Gasteiger partial charge in [-0.05, 0) is 19.9 Å². The van der Waals surface area contributed by atoms with Gasteiger partial charge in [0.15, 0.2) is 17.3 Å². The van der Waals surface area contributed by atoms with Gasteiger partial charge in [-0.1, -0.05) is 0 Å². The zero-order valence-electron chi connectivity index (χ0n) is 8.37. The monoisotopic (exact) mass is 206 g/mol. The van der Waals surface area contributed by atoms with Crippen molar-refractivity contribution in [1.82, 2.24) is 0 Å². The highest BCUT2D eigenvalue weighted by molar-refractivity contribution is 6.07. The number of phenols is 2. The minimum absolute atomic E-state index is 0.128. The van der Waals surface area contributed by atoms with Crippen molar-refractivity contribution in [2.75, 3.05) is 0 Å². The predicted octanol–water partition coefficient (Wildman–Crippen LogP) is 2.36. The molecular formula is C11H10O4. The molecule has 2 aromatic rings. The summed E-state index contributed by atoms with van der Waals surface area (Å²) < 4.78 is 5.30. The maximum absolute atomic E-state index is 11.3. The lowest BCUT2D eigenvalue weighted by Crippen LogP contribution is -1.91. The topological polar surface area (TPSA) is 70.7 Å². The van der Waals surface area contributed by atoms with Crippen LogP contribution in [0.2, 0.25) is 0 Å². The van der Waals surface area contributed by atoms with Crippen LogP contribution in [-0.2, 0) is 0 Å². The first-order valence-corrected chi connectivity index (χ1v) is 4.46. The van der Waals surface area contributed by atoms with Crippen LogP contribution >= 0.6 is 0 Å². The number of hydrogen-bond acceptors (Lipinski definition) is 4. The van der Waals surface area contributed by atoms with Crippen LogP contribution in [0, 0.1) is 6.92 Å². The first-order chi connectivity index (χ1) is 7.00. The summed E-state index contributed by atoms with van der Waals surface area (Å²) >= 11 is 0. The van der Waals surface area contributed by atoms with Gasteiger partial charge >= 0.3 is 0 Å². The number of benzene rings is 1. The van der Waals surface area contributed by atoms with Crippen LogP contribution in [0.1, 0.15) is 23.0 Å². The van der Waals surface area contributed by atoms with E-state index in [0.717, 1.165) is 0 Å². The number of aromatic hydroxyl groups is 2. The molecule has 0 aliphatic heterocycles. The summed E-state index contributed by atoms with van der Waals surface area (Å²) in [5, 5.41) is 19.1. The number of Topliss-reactive ketones (excluding diaryl/α,β-unsaturated/α-hetero) is 1. The SMILES string of the molecule is CC(=O)c1c(C)oc2cc(O)c(O)cc12. The van der Waals surface area contributed by atoms with Gasteiger partial charge in [-0.2, -0.15) is 0 Å². The molecule has 1 aromatic heterocycles. The second-order valence-electron chi connectivity index (χ2n) is 3.43. The van der Waals surface area contributed by atoms with Gasteiger partial charge in [0.2, 0.25) is 0 Å². The number of carbonyl (C=O) groups excluding carboxylic acids is 1. The Balaban J connectivity index is 2.87. The van der Waals surface area contributed by atoms with Gasteiger partial charge in [0, 0.05) is 11.5 Å².